The lowest BCUT2D eigenvalue weighted by molar-refractivity contribution is -0.123. The van der Waals surface area contributed by atoms with Gasteiger partial charge in [0, 0.05) is 5.41 Å². The van der Waals surface area contributed by atoms with Crippen LogP contribution in [0, 0.1) is 5.41 Å². The maximum Gasteiger partial charge on any atom is 0.139 e. The van der Waals surface area contributed by atoms with E-state index in [-0.39, 0.29) is 11.2 Å². The molecule has 0 aromatic rings. The molecule has 1 aliphatic carbocycles. The van der Waals surface area contributed by atoms with Crippen molar-refractivity contribution in [1.29, 1.82) is 0 Å². The second-order valence-corrected chi connectivity index (χ2v) is 4.16. The Hall–Kier alpha value is -0.590. The molecule has 0 aromatic carbocycles. The van der Waals surface area contributed by atoms with Gasteiger partial charge in [-0.3, -0.25) is 4.79 Å². The predicted octanol–water partition coefficient (Wildman–Crippen LogP) is 3.10. The predicted molar refractivity (Wildman–Crippen MR) is 51.0 cm³/mol. The summed E-state index contributed by atoms with van der Waals surface area (Å²) in [5.41, 5.74) is 1.14. The molecule has 0 heterocycles. The van der Waals surface area contributed by atoms with E-state index in [0.717, 1.165) is 12.8 Å². The van der Waals surface area contributed by atoms with Gasteiger partial charge in [-0.2, -0.15) is 0 Å². The van der Waals surface area contributed by atoms with Gasteiger partial charge in [0.25, 0.3) is 0 Å². The van der Waals surface area contributed by atoms with Gasteiger partial charge in [-0.15, -0.1) is 0 Å². The molecule has 0 aliphatic heterocycles. The first kappa shape index (κ1) is 9.50. The van der Waals surface area contributed by atoms with Crippen molar-refractivity contribution in [2.24, 2.45) is 5.41 Å². The molecule has 68 valence electrons. The molecule has 0 fully saturated rings. The van der Waals surface area contributed by atoms with E-state index in [1.54, 1.807) is 6.92 Å². The molecule has 0 saturated heterocycles. The zero-order chi connectivity index (χ0) is 9.19. The minimum Gasteiger partial charge on any atom is -0.299 e. The smallest absolute Gasteiger partial charge is 0.139 e. The Morgan fingerprint density at radius 3 is 2.50 bits per heavy atom. The number of hydrogen-bond donors (Lipinski definition) is 0. The average Bonchev–Trinajstić information content (AvgIpc) is 2.06. The average molecular weight is 166 g/mol. The van der Waals surface area contributed by atoms with Gasteiger partial charge in [0.05, 0.1) is 0 Å². The summed E-state index contributed by atoms with van der Waals surface area (Å²) < 4.78 is 0. The second kappa shape index (κ2) is 3.42. The maximum atomic E-state index is 11.3. The lowest BCUT2D eigenvalue weighted by Crippen LogP contribution is -2.24. The topological polar surface area (TPSA) is 17.1 Å². The van der Waals surface area contributed by atoms with Crippen LogP contribution >= 0.6 is 0 Å². The summed E-state index contributed by atoms with van der Waals surface area (Å²) >= 11 is 0. The highest BCUT2D eigenvalue weighted by atomic mass is 16.1. The van der Waals surface area contributed by atoms with Gasteiger partial charge >= 0.3 is 0 Å². The molecule has 0 spiro atoms. The van der Waals surface area contributed by atoms with E-state index < -0.39 is 0 Å². The van der Waals surface area contributed by atoms with Gasteiger partial charge in [-0.25, -0.2) is 0 Å². The first-order chi connectivity index (χ1) is 5.55. The molecule has 1 rings (SSSR count). The summed E-state index contributed by atoms with van der Waals surface area (Å²) in [7, 11) is 0. The molecule has 1 nitrogen and oxygen atoms in total. The number of Topliss-reactive ketones (excluding diaryl/α,β-unsaturated/α-hetero) is 1. The van der Waals surface area contributed by atoms with E-state index >= 15 is 0 Å². The number of carbonyl (C=O) groups is 1. The van der Waals surface area contributed by atoms with E-state index in [9.17, 15) is 4.79 Å². The summed E-state index contributed by atoms with van der Waals surface area (Å²) in [6.07, 6.45) is 7.07. The Morgan fingerprint density at radius 2 is 2.08 bits per heavy atom. The largest absolute Gasteiger partial charge is 0.299 e. The first-order valence-corrected chi connectivity index (χ1v) is 4.75. The fourth-order valence-electron chi connectivity index (χ4n) is 1.63. The lowest BCUT2D eigenvalue weighted by Gasteiger charge is -2.27. The van der Waals surface area contributed by atoms with Crippen molar-refractivity contribution in [1.82, 2.24) is 0 Å². The van der Waals surface area contributed by atoms with Crippen molar-refractivity contribution in [2.75, 3.05) is 0 Å². The molecule has 0 bridgehead atoms. The van der Waals surface area contributed by atoms with Gasteiger partial charge in [0.2, 0.25) is 0 Å². The fourth-order valence-corrected chi connectivity index (χ4v) is 1.63. The van der Waals surface area contributed by atoms with Crippen molar-refractivity contribution in [2.45, 2.75) is 46.5 Å². The molecule has 0 radical (unpaired) electrons. The van der Waals surface area contributed by atoms with Crippen molar-refractivity contribution >= 4 is 5.78 Å². The molecule has 12 heavy (non-hydrogen) atoms. The molecule has 1 heteroatoms. The van der Waals surface area contributed by atoms with Gasteiger partial charge in [-0.05, 0) is 46.5 Å². The van der Waals surface area contributed by atoms with Crippen LogP contribution in [-0.2, 0) is 4.79 Å². The standard InChI is InChI=1S/C11H18O/c1-9(12)11(2,3)10-7-5-4-6-8-10/h7H,4-6,8H2,1-3H3. The van der Waals surface area contributed by atoms with Crippen LogP contribution in [0.5, 0.6) is 0 Å². The van der Waals surface area contributed by atoms with Crippen LogP contribution in [-0.4, -0.2) is 5.78 Å². The lowest BCUT2D eigenvalue weighted by atomic mass is 9.76. The number of ketones is 1. The van der Waals surface area contributed by atoms with Gasteiger partial charge in [-0.1, -0.05) is 11.6 Å². The van der Waals surface area contributed by atoms with Crippen LogP contribution in [0.4, 0.5) is 0 Å². The van der Waals surface area contributed by atoms with Crippen molar-refractivity contribution in [3.05, 3.63) is 11.6 Å². The Kier molecular flexibility index (Phi) is 2.71. The van der Waals surface area contributed by atoms with Crippen LogP contribution in [0.25, 0.3) is 0 Å². The molecule has 0 aromatic heterocycles. The molecular weight excluding hydrogens is 148 g/mol. The number of rotatable bonds is 2. The third-order valence-corrected chi connectivity index (χ3v) is 2.97. The van der Waals surface area contributed by atoms with Crippen LogP contribution in [0.2, 0.25) is 0 Å². The molecule has 0 N–H and O–H groups in total. The summed E-state index contributed by atoms with van der Waals surface area (Å²) in [5.74, 6) is 0.288. The Labute approximate surface area is 74.9 Å². The summed E-state index contributed by atoms with van der Waals surface area (Å²) in [5, 5.41) is 0. The van der Waals surface area contributed by atoms with Crippen LogP contribution < -0.4 is 0 Å². The molecule has 0 unspecified atom stereocenters. The maximum absolute atomic E-state index is 11.3. The van der Waals surface area contributed by atoms with Crippen LogP contribution in [0.3, 0.4) is 0 Å². The van der Waals surface area contributed by atoms with Gasteiger partial charge in [0.15, 0.2) is 0 Å². The highest BCUT2D eigenvalue weighted by molar-refractivity contribution is 5.84. The van der Waals surface area contributed by atoms with E-state index in [1.165, 1.54) is 18.4 Å². The quantitative estimate of drug-likeness (QED) is 0.576. The second-order valence-electron chi connectivity index (χ2n) is 4.16. The van der Waals surface area contributed by atoms with Crippen LogP contribution in [0.1, 0.15) is 46.5 Å². The highest BCUT2D eigenvalue weighted by Crippen LogP contribution is 2.34. The number of allylic oxidation sites excluding steroid dienone is 2. The van der Waals surface area contributed by atoms with Gasteiger partial charge < -0.3 is 0 Å². The van der Waals surface area contributed by atoms with Crippen molar-refractivity contribution in [3.63, 3.8) is 0 Å². The van der Waals surface area contributed by atoms with Crippen molar-refractivity contribution in [3.8, 4) is 0 Å². The normalized spacial score (nSPS) is 18.8. The third-order valence-electron chi connectivity index (χ3n) is 2.97. The monoisotopic (exact) mass is 166 g/mol. The Morgan fingerprint density at radius 1 is 1.42 bits per heavy atom. The molecule has 0 atom stereocenters. The summed E-state index contributed by atoms with van der Waals surface area (Å²) in [4.78, 5) is 11.3. The van der Waals surface area contributed by atoms with Crippen LogP contribution in [0.15, 0.2) is 11.6 Å². The number of carbonyl (C=O) groups excluding carboxylic acids is 1. The van der Waals surface area contributed by atoms with E-state index in [4.69, 9.17) is 0 Å². The Balaban J connectivity index is 2.79. The highest BCUT2D eigenvalue weighted by Gasteiger charge is 2.28. The minimum atomic E-state index is -0.208. The first-order valence-electron chi connectivity index (χ1n) is 4.75. The minimum absolute atomic E-state index is 0.208. The number of hydrogen-bond acceptors (Lipinski definition) is 1. The zero-order valence-electron chi connectivity index (χ0n) is 8.31. The molecule has 1 aliphatic rings. The van der Waals surface area contributed by atoms with Gasteiger partial charge in [0.1, 0.15) is 5.78 Å². The summed E-state index contributed by atoms with van der Waals surface area (Å²) in [6.45, 7) is 5.76. The Bertz CT molecular complexity index is 211. The zero-order valence-corrected chi connectivity index (χ0v) is 8.31. The molecule has 0 amide bonds. The van der Waals surface area contributed by atoms with E-state index in [0.29, 0.717) is 0 Å². The van der Waals surface area contributed by atoms with Crippen molar-refractivity contribution < 1.29 is 4.79 Å². The van der Waals surface area contributed by atoms with E-state index in [2.05, 4.69) is 6.08 Å². The fraction of sp³-hybridized carbons (Fsp3) is 0.727. The molecular formula is C11H18O. The summed E-state index contributed by atoms with van der Waals surface area (Å²) in [6, 6.07) is 0. The van der Waals surface area contributed by atoms with E-state index in [1.807, 2.05) is 13.8 Å². The third kappa shape index (κ3) is 1.77. The molecule has 0 saturated carbocycles. The SMILES string of the molecule is CC(=O)C(C)(C)C1=CCCCC1.